The molecule has 0 saturated heterocycles. The molecule has 0 radical (unpaired) electrons. The molecule has 3 aromatic carbocycles. The van der Waals surface area contributed by atoms with Gasteiger partial charge in [-0.2, -0.15) is 0 Å². The van der Waals surface area contributed by atoms with Crippen LogP contribution in [0.2, 0.25) is 5.02 Å². The Morgan fingerprint density at radius 1 is 1.06 bits per heavy atom. The second kappa shape index (κ2) is 9.53. The van der Waals surface area contributed by atoms with Gasteiger partial charge in [-0.15, -0.1) is 11.3 Å². The second-order valence-electron chi connectivity index (χ2n) is 8.37. The summed E-state index contributed by atoms with van der Waals surface area (Å²) in [5.74, 6) is -1.03. The molecule has 1 fully saturated rings. The molecule has 6 heteroatoms. The number of hydrogen-bond acceptors (Lipinski definition) is 3. The maximum Gasteiger partial charge on any atom is 0.328 e. The Bertz CT molecular complexity index is 1430. The van der Waals surface area contributed by atoms with Crippen LogP contribution in [-0.4, -0.2) is 16.1 Å². The average molecular weight is 490 g/mol. The van der Waals surface area contributed by atoms with Crippen molar-refractivity contribution in [2.45, 2.75) is 19.3 Å². The number of allylic oxidation sites excluding steroid dienone is 1. The SMILES string of the molecule is O=C(O)C=Cc1ccc(C(=C(c2ccc(F)cc2Cl)C2CCC2)c2ccc3scnc3c2)cc1. The Hall–Kier alpha value is -3.28. The fourth-order valence-electron chi connectivity index (χ4n) is 4.38. The summed E-state index contributed by atoms with van der Waals surface area (Å²) in [7, 11) is 0. The smallest absolute Gasteiger partial charge is 0.328 e. The highest BCUT2D eigenvalue weighted by molar-refractivity contribution is 7.16. The molecule has 1 aliphatic rings. The molecule has 170 valence electrons. The largest absolute Gasteiger partial charge is 0.478 e. The lowest BCUT2D eigenvalue weighted by Gasteiger charge is -2.32. The van der Waals surface area contributed by atoms with E-state index in [4.69, 9.17) is 16.7 Å². The van der Waals surface area contributed by atoms with Crippen LogP contribution < -0.4 is 0 Å². The predicted molar refractivity (Wildman–Crippen MR) is 137 cm³/mol. The van der Waals surface area contributed by atoms with E-state index in [0.29, 0.717) is 10.9 Å². The number of carbonyl (C=O) groups is 1. The molecule has 3 nitrogen and oxygen atoms in total. The summed E-state index contributed by atoms with van der Waals surface area (Å²) in [4.78, 5) is 15.4. The van der Waals surface area contributed by atoms with Crippen molar-refractivity contribution in [3.63, 3.8) is 0 Å². The van der Waals surface area contributed by atoms with Gasteiger partial charge in [-0.3, -0.25) is 0 Å². The molecule has 0 bridgehead atoms. The van der Waals surface area contributed by atoms with Crippen LogP contribution in [0, 0.1) is 11.7 Å². The number of fused-ring (bicyclic) bond motifs is 1. The Balaban J connectivity index is 1.75. The van der Waals surface area contributed by atoms with E-state index in [-0.39, 0.29) is 5.82 Å². The van der Waals surface area contributed by atoms with E-state index < -0.39 is 5.97 Å². The molecule has 1 N–H and O–H groups in total. The summed E-state index contributed by atoms with van der Waals surface area (Å²) in [6.07, 6.45) is 5.93. The highest BCUT2D eigenvalue weighted by Gasteiger charge is 2.28. The van der Waals surface area contributed by atoms with Gasteiger partial charge in [-0.25, -0.2) is 14.2 Å². The summed E-state index contributed by atoms with van der Waals surface area (Å²) in [5.41, 5.74) is 8.58. The molecule has 5 rings (SSSR count). The van der Waals surface area contributed by atoms with Gasteiger partial charge in [-0.1, -0.05) is 54.4 Å². The van der Waals surface area contributed by atoms with Crippen LogP contribution in [0.1, 0.15) is 41.5 Å². The van der Waals surface area contributed by atoms with Crippen molar-refractivity contribution < 1.29 is 14.3 Å². The van der Waals surface area contributed by atoms with Crippen molar-refractivity contribution in [1.29, 1.82) is 0 Å². The Morgan fingerprint density at radius 2 is 1.82 bits per heavy atom. The van der Waals surface area contributed by atoms with Crippen LogP contribution in [-0.2, 0) is 4.79 Å². The number of benzene rings is 3. The summed E-state index contributed by atoms with van der Waals surface area (Å²) < 4.78 is 15.0. The number of halogens is 2. The molecule has 0 atom stereocenters. The number of nitrogens with zero attached hydrogens (tertiary/aromatic N) is 1. The zero-order valence-electron chi connectivity index (χ0n) is 18.2. The molecule has 0 unspecified atom stereocenters. The lowest BCUT2D eigenvalue weighted by Crippen LogP contribution is -2.15. The standard InChI is InChI=1S/C28H21ClFNO2S/c29-23-15-21(30)10-11-22(23)28(18-2-1-3-18)27(20-9-12-25-24(14-20)31-16-34-25)19-7-4-17(5-8-19)6-13-26(32)33/h4-16,18H,1-3H2,(H,32,33). The predicted octanol–water partition coefficient (Wildman–Crippen LogP) is 7.95. The molecule has 1 aromatic heterocycles. The first-order valence-corrected chi connectivity index (χ1v) is 12.3. The van der Waals surface area contributed by atoms with Crippen molar-refractivity contribution in [1.82, 2.24) is 4.98 Å². The molecular weight excluding hydrogens is 469 g/mol. The normalized spacial score (nSPS) is 14.9. The van der Waals surface area contributed by atoms with E-state index in [9.17, 15) is 9.18 Å². The molecule has 1 heterocycles. The summed E-state index contributed by atoms with van der Waals surface area (Å²) in [5, 5.41) is 9.33. The highest BCUT2D eigenvalue weighted by Crippen LogP contribution is 2.47. The van der Waals surface area contributed by atoms with E-state index in [2.05, 4.69) is 23.2 Å². The van der Waals surface area contributed by atoms with Gasteiger partial charge in [0.1, 0.15) is 5.82 Å². The Labute approximate surface area is 205 Å². The van der Waals surface area contributed by atoms with E-state index in [1.807, 2.05) is 29.8 Å². The van der Waals surface area contributed by atoms with Crippen molar-refractivity contribution in [3.05, 3.63) is 105 Å². The quantitative estimate of drug-likeness (QED) is 0.221. The van der Waals surface area contributed by atoms with E-state index in [1.54, 1.807) is 23.5 Å². The molecule has 4 aromatic rings. The van der Waals surface area contributed by atoms with Crippen LogP contribution in [0.3, 0.4) is 0 Å². The van der Waals surface area contributed by atoms with Gasteiger partial charge in [0.2, 0.25) is 0 Å². The maximum atomic E-state index is 13.9. The zero-order chi connectivity index (χ0) is 23.7. The molecule has 1 saturated carbocycles. The van der Waals surface area contributed by atoms with Gasteiger partial charge < -0.3 is 5.11 Å². The fourth-order valence-corrected chi connectivity index (χ4v) is 5.31. The summed E-state index contributed by atoms with van der Waals surface area (Å²) in [6, 6.07) is 18.7. The number of hydrogen-bond donors (Lipinski definition) is 1. The minimum atomic E-state index is -0.987. The lowest BCUT2D eigenvalue weighted by molar-refractivity contribution is -0.131. The minimum Gasteiger partial charge on any atom is -0.478 e. The molecule has 1 aliphatic carbocycles. The van der Waals surface area contributed by atoms with E-state index >= 15 is 0 Å². The van der Waals surface area contributed by atoms with Gasteiger partial charge in [0.15, 0.2) is 0 Å². The van der Waals surface area contributed by atoms with Crippen molar-refractivity contribution >= 4 is 56.3 Å². The third kappa shape index (κ3) is 4.54. The van der Waals surface area contributed by atoms with Crippen LogP contribution in [0.4, 0.5) is 4.39 Å². The Morgan fingerprint density at radius 3 is 2.50 bits per heavy atom. The second-order valence-corrected chi connectivity index (χ2v) is 9.66. The lowest BCUT2D eigenvalue weighted by atomic mass is 9.73. The fraction of sp³-hybridized carbons (Fsp3) is 0.143. The number of aliphatic carboxylic acids is 1. The maximum absolute atomic E-state index is 13.9. The van der Waals surface area contributed by atoms with Crippen molar-refractivity contribution in [3.8, 4) is 0 Å². The van der Waals surface area contributed by atoms with Crippen LogP contribution in [0.5, 0.6) is 0 Å². The van der Waals surface area contributed by atoms with Gasteiger partial charge in [-0.05, 0) is 82.5 Å². The Kier molecular flexibility index (Phi) is 6.31. The van der Waals surface area contributed by atoms with E-state index in [1.165, 1.54) is 12.1 Å². The number of rotatable bonds is 6. The topological polar surface area (TPSA) is 50.2 Å². The number of carboxylic acid groups (broad SMARTS) is 1. The first-order chi connectivity index (χ1) is 16.5. The van der Waals surface area contributed by atoms with Crippen LogP contribution in [0.15, 0.2) is 72.3 Å². The first kappa shape index (κ1) is 22.5. The number of carboxylic acids is 1. The van der Waals surface area contributed by atoms with Gasteiger partial charge in [0, 0.05) is 6.08 Å². The monoisotopic (exact) mass is 489 g/mol. The summed E-state index contributed by atoms with van der Waals surface area (Å²) in [6.45, 7) is 0. The van der Waals surface area contributed by atoms with Gasteiger partial charge in [0.25, 0.3) is 0 Å². The van der Waals surface area contributed by atoms with Gasteiger partial charge in [0.05, 0.1) is 20.7 Å². The van der Waals surface area contributed by atoms with Crippen molar-refractivity contribution in [2.24, 2.45) is 5.92 Å². The van der Waals surface area contributed by atoms with Crippen LogP contribution >= 0.6 is 22.9 Å². The van der Waals surface area contributed by atoms with Crippen LogP contribution in [0.25, 0.3) is 27.4 Å². The first-order valence-electron chi connectivity index (χ1n) is 11.0. The average Bonchev–Trinajstić information content (AvgIpc) is 3.25. The molecular formula is C28H21ClFNO2S. The van der Waals surface area contributed by atoms with Gasteiger partial charge >= 0.3 is 5.97 Å². The minimum absolute atomic E-state index is 0.315. The number of aromatic nitrogens is 1. The molecule has 0 aliphatic heterocycles. The summed E-state index contributed by atoms with van der Waals surface area (Å²) >= 11 is 8.19. The molecule has 0 amide bonds. The highest BCUT2D eigenvalue weighted by atomic mass is 35.5. The zero-order valence-corrected chi connectivity index (χ0v) is 19.7. The third-order valence-electron chi connectivity index (χ3n) is 6.24. The van der Waals surface area contributed by atoms with Crippen molar-refractivity contribution in [2.75, 3.05) is 0 Å². The molecule has 34 heavy (non-hydrogen) atoms. The number of thiazole rings is 1. The van der Waals surface area contributed by atoms with E-state index in [0.717, 1.165) is 69.0 Å². The third-order valence-corrected chi connectivity index (χ3v) is 7.36. The molecule has 0 spiro atoms.